The summed E-state index contributed by atoms with van der Waals surface area (Å²) in [7, 11) is 0. The van der Waals surface area contributed by atoms with Gasteiger partial charge in [0.15, 0.2) is 0 Å². The number of thiophene rings is 1. The first-order valence-corrected chi connectivity index (χ1v) is 14.6. The van der Waals surface area contributed by atoms with Crippen molar-refractivity contribution in [2.24, 2.45) is 0 Å². The Balaban J connectivity index is 1.71. The highest BCUT2D eigenvalue weighted by Crippen LogP contribution is 2.39. The molecule has 5 heteroatoms. The molecule has 2 heterocycles. The number of carbonyl (C=O) groups is 2. The van der Waals surface area contributed by atoms with E-state index in [1.54, 1.807) is 11.3 Å². The van der Waals surface area contributed by atoms with Gasteiger partial charge in [-0.15, -0.1) is 11.3 Å². The van der Waals surface area contributed by atoms with Crippen LogP contribution >= 0.6 is 11.3 Å². The molecule has 0 saturated heterocycles. The summed E-state index contributed by atoms with van der Waals surface area (Å²) in [4.78, 5) is 32.2. The van der Waals surface area contributed by atoms with Gasteiger partial charge >= 0.3 is 0 Å². The van der Waals surface area contributed by atoms with E-state index in [9.17, 15) is 9.59 Å². The SMILES string of the molecule is CCCCCCCCC(=O)N(CCCCC)CC(=O)N1CCc2sccc2[C@@H]1c1ccccc1C. The molecule has 1 aromatic carbocycles. The molecular formula is C30H44N2O2S. The van der Waals surface area contributed by atoms with E-state index in [0.717, 1.165) is 38.5 Å². The molecule has 0 fully saturated rings. The number of hydrogen-bond acceptors (Lipinski definition) is 3. The van der Waals surface area contributed by atoms with Gasteiger partial charge in [0.2, 0.25) is 11.8 Å². The van der Waals surface area contributed by atoms with E-state index in [2.05, 4.69) is 56.5 Å². The number of aryl methyl sites for hydroxylation is 1. The van der Waals surface area contributed by atoms with Crippen LogP contribution < -0.4 is 0 Å². The summed E-state index contributed by atoms with van der Waals surface area (Å²) in [5, 5.41) is 2.14. The predicted molar refractivity (Wildman–Crippen MR) is 147 cm³/mol. The molecule has 0 bridgehead atoms. The molecule has 2 amide bonds. The average Bonchev–Trinajstić information content (AvgIpc) is 3.34. The lowest BCUT2D eigenvalue weighted by molar-refractivity contribution is -0.142. The number of benzene rings is 1. The maximum absolute atomic E-state index is 13.8. The van der Waals surface area contributed by atoms with Crippen LogP contribution in [0.15, 0.2) is 35.7 Å². The van der Waals surface area contributed by atoms with Crippen LogP contribution in [-0.4, -0.2) is 41.2 Å². The van der Waals surface area contributed by atoms with Gasteiger partial charge in [-0.25, -0.2) is 0 Å². The van der Waals surface area contributed by atoms with Gasteiger partial charge < -0.3 is 9.80 Å². The summed E-state index contributed by atoms with van der Waals surface area (Å²) in [5.41, 5.74) is 3.64. The van der Waals surface area contributed by atoms with E-state index in [0.29, 0.717) is 19.5 Å². The van der Waals surface area contributed by atoms with Crippen molar-refractivity contribution in [2.45, 2.75) is 97.4 Å². The molecule has 0 N–H and O–H groups in total. The van der Waals surface area contributed by atoms with Crippen LogP contribution in [0, 0.1) is 6.92 Å². The van der Waals surface area contributed by atoms with Crippen molar-refractivity contribution in [2.75, 3.05) is 19.6 Å². The molecule has 0 aliphatic carbocycles. The largest absolute Gasteiger partial charge is 0.333 e. The highest BCUT2D eigenvalue weighted by molar-refractivity contribution is 7.10. The molecule has 1 atom stereocenters. The monoisotopic (exact) mass is 496 g/mol. The number of rotatable bonds is 14. The molecule has 1 aliphatic heterocycles. The normalized spacial score (nSPS) is 15.2. The zero-order valence-corrected chi connectivity index (χ0v) is 22.9. The van der Waals surface area contributed by atoms with Crippen molar-refractivity contribution < 1.29 is 9.59 Å². The summed E-state index contributed by atoms with van der Waals surface area (Å²) in [5.74, 6) is 0.216. The Morgan fingerprint density at radius 3 is 2.43 bits per heavy atom. The molecule has 3 rings (SSSR count). The van der Waals surface area contributed by atoms with Crippen LogP contribution in [0.5, 0.6) is 0 Å². The zero-order valence-electron chi connectivity index (χ0n) is 22.1. The number of hydrogen-bond donors (Lipinski definition) is 0. The maximum Gasteiger partial charge on any atom is 0.242 e. The third-order valence-corrected chi connectivity index (χ3v) is 8.22. The van der Waals surface area contributed by atoms with Crippen LogP contribution in [0.2, 0.25) is 0 Å². The topological polar surface area (TPSA) is 40.6 Å². The average molecular weight is 497 g/mol. The maximum atomic E-state index is 13.8. The summed E-state index contributed by atoms with van der Waals surface area (Å²) in [6, 6.07) is 10.5. The van der Waals surface area contributed by atoms with E-state index in [1.165, 1.54) is 47.3 Å². The highest BCUT2D eigenvalue weighted by Gasteiger charge is 2.34. The fourth-order valence-electron chi connectivity index (χ4n) is 5.13. The van der Waals surface area contributed by atoms with Crippen LogP contribution in [0.3, 0.4) is 0 Å². The number of unbranched alkanes of at least 4 members (excludes halogenated alkanes) is 7. The Bertz CT molecular complexity index is 938. The van der Waals surface area contributed by atoms with Crippen molar-refractivity contribution in [3.8, 4) is 0 Å². The Hall–Kier alpha value is -2.14. The van der Waals surface area contributed by atoms with Crippen molar-refractivity contribution >= 4 is 23.2 Å². The summed E-state index contributed by atoms with van der Waals surface area (Å²) >= 11 is 1.79. The molecular weight excluding hydrogens is 452 g/mol. The fraction of sp³-hybridized carbons (Fsp3) is 0.600. The molecule has 35 heavy (non-hydrogen) atoms. The summed E-state index contributed by atoms with van der Waals surface area (Å²) in [6.07, 6.45) is 11.6. The van der Waals surface area contributed by atoms with Gasteiger partial charge in [-0.2, -0.15) is 0 Å². The molecule has 0 saturated carbocycles. The number of fused-ring (bicyclic) bond motifs is 1. The molecule has 192 valence electrons. The zero-order chi connectivity index (χ0) is 25.0. The van der Waals surface area contributed by atoms with Gasteiger partial charge in [0.25, 0.3) is 0 Å². The smallest absolute Gasteiger partial charge is 0.242 e. The fourth-order valence-corrected chi connectivity index (χ4v) is 6.03. The highest BCUT2D eigenvalue weighted by atomic mass is 32.1. The molecule has 0 radical (unpaired) electrons. The first-order valence-electron chi connectivity index (χ1n) is 13.8. The second-order valence-corrected chi connectivity index (χ2v) is 10.9. The summed E-state index contributed by atoms with van der Waals surface area (Å²) in [6.45, 7) is 8.10. The number of nitrogens with zero attached hydrogens (tertiary/aromatic N) is 2. The lowest BCUT2D eigenvalue weighted by Crippen LogP contribution is -2.47. The first-order chi connectivity index (χ1) is 17.1. The number of amides is 2. The van der Waals surface area contributed by atoms with Gasteiger partial charge in [-0.3, -0.25) is 9.59 Å². The van der Waals surface area contributed by atoms with Crippen LogP contribution in [-0.2, 0) is 16.0 Å². The summed E-state index contributed by atoms with van der Waals surface area (Å²) < 4.78 is 0. The molecule has 0 spiro atoms. The van der Waals surface area contributed by atoms with E-state index < -0.39 is 0 Å². The Morgan fingerprint density at radius 2 is 1.66 bits per heavy atom. The van der Waals surface area contributed by atoms with Gasteiger partial charge in [0.05, 0.1) is 12.6 Å². The van der Waals surface area contributed by atoms with Gasteiger partial charge in [0.1, 0.15) is 0 Å². The second-order valence-electron chi connectivity index (χ2n) is 9.94. The van der Waals surface area contributed by atoms with E-state index >= 15 is 0 Å². The van der Waals surface area contributed by atoms with Gasteiger partial charge in [-0.05, 0) is 54.3 Å². The third-order valence-electron chi connectivity index (χ3n) is 7.22. The van der Waals surface area contributed by atoms with Gasteiger partial charge in [-0.1, -0.05) is 83.1 Å². The standard InChI is InChI=1S/C30H44N2O2S/c1-4-6-8-9-10-11-17-28(33)31(20-14-7-5-2)23-29(34)32-21-18-27-26(19-22-35-27)30(32)25-16-13-12-15-24(25)3/h12-13,15-16,19,22,30H,4-11,14,17-18,20-21,23H2,1-3H3/t30-/m0/s1. The van der Waals surface area contributed by atoms with Crippen molar-refractivity contribution in [3.05, 3.63) is 57.3 Å². The third kappa shape index (κ3) is 7.67. The molecule has 1 aromatic heterocycles. The number of carbonyl (C=O) groups excluding carboxylic acids is 2. The van der Waals surface area contributed by atoms with E-state index in [1.807, 2.05) is 9.80 Å². The Labute approximate surface area is 216 Å². The van der Waals surface area contributed by atoms with Crippen molar-refractivity contribution in [1.82, 2.24) is 9.80 Å². The minimum Gasteiger partial charge on any atom is -0.333 e. The molecule has 1 aliphatic rings. The van der Waals surface area contributed by atoms with Crippen LogP contribution in [0.25, 0.3) is 0 Å². The van der Waals surface area contributed by atoms with Gasteiger partial charge in [0, 0.05) is 24.4 Å². The second kappa shape index (κ2) is 14.4. The minimum absolute atomic E-state index is 0.0649. The Kier molecular flexibility index (Phi) is 11.3. The minimum atomic E-state index is -0.0649. The van der Waals surface area contributed by atoms with E-state index in [-0.39, 0.29) is 24.4 Å². The first kappa shape index (κ1) is 27.4. The Morgan fingerprint density at radius 1 is 0.943 bits per heavy atom. The predicted octanol–water partition coefficient (Wildman–Crippen LogP) is 7.30. The van der Waals surface area contributed by atoms with Crippen LogP contribution in [0.1, 0.15) is 106 Å². The van der Waals surface area contributed by atoms with E-state index in [4.69, 9.17) is 0 Å². The quantitative estimate of drug-likeness (QED) is 0.257. The molecule has 4 nitrogen and oxygen atoms in total. The lowest BCUT2D eigenvalue weighted by atomic mass is 9.90. The van der Waals surface area contributed by atoms with Crippen molar-refractivity contribution in [1.29, 1.82) is 0 Å². The molecule has 0 unspecified atom stereocenters. The lowest BCUT2D eigenvalue weighted by Gasteiger charge is -2.38. The van der Waals surface area contributed by atoms with Crippen LogP contribution in [0.4, 0.5) is 0 Å². The van der Waals surface area contributed by atoms with Crippen molar-refractivity contribution in [3.63, 3.8) is 0 Å². The molecule has 2 aromatic rings.